The molecule has 108 valence electrons. The summed E-state index contributed by atoms with van der Waals surface area (Å²) in [5.41, 5.74) is 5.53. The van der Waals surface area contributed by atoms with E-state index in [1.165, 1.54) is 4.52 Å². The Labute approximate surface area is 125 Å². The normalized spacial score (nSPS) is 11.8. The Kier molecular flexibility index (Phi) is 4.05. The molecule has 0 spiro atoms. The molecule has 0 aromatic carbocycles. The Bertz CT molecular complexity index is 638. The first-order chi connectivity index (χ1) is 9.32. The molecule has 8 heteroatoms. The second-order valence-electron chi connectivity index (χ2n) is 5.48. The molecule has 2 heterocycles. The average molecular weight is 341 g/mol. The van der Waals surface area contributed by atoms with Gasteiger partial charge in [-0.05, 0) is 27.9 Å². The number of rotatable bonds is 4. The monoisotopic (exact) mass is 340 g/mol. The molecule has 0 aliphatic carbocycles. The Morgan fingerprint density at radius 1 is 1.55 bits per heavy atom. The topological polar surface area (TPSA) is 89.4 Å². The Morgan fingerprint density at radius 3 is 2.90 bits per heavy atom. The predicted octanol–water partition coefficient (Wildman–Crippen LogP) is 0.944. The summed E-state index contributed by atoms with van der Waals surface area (Å²) in [7, 11) is 1.72. The quantitative estimate of drug-likeness (QED) is 0.894. The summed E-state index contributed by atoms with van der Waals surface area (Å²) in [6.45, 7) is 5.05. The minimum Gasteiger partial charge on any atom is -0.338 e. The molecule has 20 heavy (non-hydrogen) atoms. The van der Waals surface area contributed by atoms with Crippen molar-refractivity contribution < 1.29 is 4.79 Å². The zero-order valence-corrected chi connectivity index (χ0v) is 13.3. The van der Waals surface area contributed by atoms with Gasteiger partial charge in [0.1, 0.15) is 0 Å². The standard InChI is InChI=1S/C12H17BrN6O/c1-12(2,6-14)7-18(3)10(20)9-16-11-15-4-8(13)5-19(11)17-9/h4-5H,6-7,14H2,1-3H3. The first kappa shape index (κ1) is 14.9. The van der Waals surface area contributed by atoms with Crippen molar-refractivity contribution in [2.45, 2.75) is 13.8 Å². The van der Waals surface area contributed by atoms with Crippen molar-refractivity contribution in [3.63, 3.8) is 0 Å². The van der Waals surface area contributed by atoms with Gasteiger partial charge >= 0.3 is 0 Å². The fourth-order valence-electron chi connectivity index (χ4n) is 1.80. The molecular formula is C12H17BrN6O. The highest BCUT2D eigenvalue weighted by Gasteiger charge is 2.24. The maximum absolute atomic E-state index is 12.3. The molecule has 7 nitrogen and oxygen atoms in total. The molecular weight excluding hydrogens is 324 g/mol. The zero-order valence-electron chi connectivity index (χ0n) is 11.7. The number of hydrogen-bond acceptors (Lipinski definition) is 5. The van der Waals surface area contributed by atoms with Crippen molar-refractivity contribution in [2.24, 2.45) is 11.1 Å². The van der Waals surface area contributed by atoms with Gasteiger partial charge in [-0.2, -0.15) is 4.98 Å². The van der Waals surface area contributed by atoms with Gasteiger partial charge in [-0.25, -0.2) is 9.50 Å². The zero-order chi connectivity index (χ0) is 14.9. The smallest absolute Gasteiger partial charge is 0.293 e. The molecule has 0 bridgehead atoms. The van der Waals surface area contributed by atoms with E-state index < -0.39 is 0 Å². The lowest BCUT2D eigenvalue weighted by Gasteiger charge is -2.28. The van der Waals surface area contributed by atoms with E-state index in [1.807, 2.05) is 13.8 Å². The summed E-state index contributed by atoms with van der Waals surface area (Å²) < 4.78 is 2.24. The molecule has 0 saturated heterocycles. The van der Waals surface area contributed by atoms with E-state index in [0.29, 0.717) is 18.9 Å². The van der Waals surface area contributed by atoms with Gasteiger partial charge in [-0.1, -0.05) is 13.8 Å². The van der Waals surface area contributed by atoms with Crippen molar-refractivity contribution in [2.75, 3.05) is 20.1 Å². The number of carbonyl (C=O) groups excluding carboxylic acids is 1. The Balaban J connectivity index is 2.22. The van der Waals surface area contributed by atoms with E-state index in [2.05, 4.69) is 31.0 Å². The Hall–Kier alpha value is -1.54. The lowest BCUT2D eigenvalue weighted by Crippen LogP contribution is -2.40. The third-order valence-electron chi connectivity index (χ3n) is 2.92. The summed E-state index contributed by atoms with van der Waals surface area (Å²) >= 11 is 3.30. The van der Waals surface area contributed by atoms with Gasteiger partial charge in [0.15, 0.2) is 0 Å². The minimum atomic E-state index is -0.242. The number of nitrogens with zero attached hydrogens (tertiary/aromatic N) is 5. The number of fused-ring (bicyclic) bond motifs is 1. The van der Waals surface area contributed by atoms with E-state index >= 15 is 0 Å². The fraction of sp³-hybridized carbons (Fsp3) is 0.500. The molecule has 0 atom stereocenters. The van der Waals surface area contributed by atoms with Gasteiger partial charge in [-0.15, -0.1) is 5.10 Å². The number of amides is 1. The molecule has 0 aliphatic heterocycles. The molecule has 1 amide bonds. The van der Waals surface area contributed by atoms with E-state index in [1.54, 1.807) is 24.3 Å². The van der Waals surface area contributed by atoms with Crippen molar-refractivity contribution in [1.82, 2.24) is 24.5 Å². The third kappa shape index (κ3) is 3.13. The first-order valence-corrected chi connectivity index (χ1v) is 6.95. The molecule has 0 fully saturated rings. The highest BCUT2D eigenvalue weighted by atomic mass is 79.9. The number of halogens is 1. The summed E-state index contributed by atoms with van der Waals surface area (Å²) in [4.78, 5) is 22.1. The van der Waals surface area contributed by atoms with Crippen LogP contribution in [0.4, 0.5) is 0 Å². The summed E-state index contributed by atoms with van der Waals surface area (Å²) in [5, 5.41) is 4.14. The maximum Gasteiger partial charge on any atom is 0.293 e. The lowest BCUT2D eigenvalue weighted by atomic mass is 9.93. The van der Waals surface area contributed by atoms with Crippen molar-refractivity contribution in [3.8, 4) is 0 Å². The second kappa shape index (κ2) is 5.45. The molecule has 0 saturated carbocycles. The van der Waals surface area contributed by atoms with Gasteiger partial charge in [-0.3, -0.25) is 4.79 Å². The number of nitrogens with two attached hydrogens (primary N) is 1. The van der Waals surface area contributed by atoms with Crippen LogP contribution in [0.2, 0.25) is 0 Å². The molecule has 0 aliphatic rings. The van der Waals surface area contributed by atoms with Crippen LogP contribution in [0.5, 0.6) is 0 Å². The van der Waals surface area contributed by atoms with Gasteiger partial charge < -0.3 is 10.6 Å². The number of hydrogen-bond donors (Lipinski definition) is 1. The van der Waals surface area contributed by atoms with Crippen molar-refractivity contribution >= 4 is 27.6 Å². The highest BCUT2D eigenvalue weighted by Crippen LogP contribution is 2.15. The summed E-state index contributed by atoms with van der Waals surface area (Å²) in [6.07, 6.45) is 3.31. The van der Waals surface area contributed by atoms with Gasteiger partial charge in [0.2, 0.25) is 5.82 Å². The van der Waals surface area contributed by atoms with Crippen LogP contribution in [0, 0.1) is 5.41 Å². The van der Waals surface area contributed by atoms with Crippen molar-refractivity contribution in [3.05, 3.63) is 22.7 Å². The van der Waals surface area contributed by atoms with Gasteiger partial charge in [0.25, 0.3) is 11.7 Å². The van der Waals surface area contributed by atoms with Crippen LogP contribution in [0.1, 0.15) is 24.5 Å². The van der Waals surface area contributed by atoms with Crippen LogP contribution in [-0.4, -0.2) is 50.5 Å². The Morgan fingerprint density at radius 2 is 2.25 bits per heavy atom. The molecule has 2 aromatic heterocycles. The summed E-state index contributed by atoms with van der Waals surface area (Å²) in [5.74, 6) is 0.280. The van der Waals surface area contributed by atoms with E-state index in [9.17, 15) is 4.79 Å². The van der Waals surface area contributed by atoms with Crippen LogP contribution in [0.3, 0.4) is 0 Å². The van der Waals surface area contributed by atoms with Crippen LogP contribution >= 0.6 is 15.9 Å². The van der Waals surface area contributed by atoms with Crippen molar-refractivity contribution in [1.29, 1.82) is 0 Å². The second-order valence-corrected chi connectivity index (χ2v) is 6.40. The fourth-order valence-corrected chi connectivity index (χ4v) is 2.10. The molecule has 2 N–H and O–H groups in total. The van der Waals surface area contributed by atoms with Crippen LogP contribution in [0.25, 0.3) is 5.78 Å². The van der Waals surface area contributed by atoms with Gasteiger partial charge in [0.05, 0.1) is 4.47 Å². The highest BCUT2D eigenvalue weighted by molar-refractivity contribution is 9.10. The third-order valence-corrected chi connectivity index (χ3v) is 3.33. The van der Waals surface area contributed by atoms with E-state index in [4.69, 9.17) is 5.73 Å². The molecule has 0 unspecified atom stereocenters. The average Bonchev–Trinajstić information content (AvgIpc) is 2.80. The number of aromatic nitrogens is 4. The molecule has 2 aromatic rings. The van der Waals surface area contributed by atoms with Crippen LogP contribution in [-0.2, 0) is 0 Å². The number of carbonyl (C=O) groups is 1. The lowest BCUT2D eigenvalue weighted by molar-refractivity contribution is 0.0728. The largest absolute Gasteiger partial charge is 0.338 e. The molecule has 2 rings (SSSR count). The summed E-state index contributed by atoms with van der Waals surface area (Å²) in [6, 6.07) is 0. The predicted molar refractivity (Wildman–Crippen MR) is 78.3 cm³/mol. The van der Waals surface area contributed by atoms with Crippen LogP contribution < -0.4 is 5.73 Å². The van der Waals surface area contributed by atoms with E-state index in [0.717, 1.165) is 4.47 Å². The SMILES string of the molecule is CN(CC(C)(C)CN)C(=O)c1nc2ncc(Br)cn2n1. The maximum atomic E-state index is 12.3. The molecule has 0 radical (unpaired) electrons. The minimum absolute atomic E-state index is 0.130. The first-order valence-electron chi connectivity index (χ1n) is 6.16. The van der Waals surface area contributed by atoms with Gasteiger partial charge in [0, 0.05) is 26.0 Å². The van der Waals surface area contributed by atoms with E-state index in [-0.39, 0.29) is 17.1 Å². The van der Waals surface area contributed by atoms with Crippen LogP contribution in [0.15, 0.2) is 16.9 Å².